The van der Waals surface area contributed by atoms with Crippen LogP contribution in [-0.2, 0) is 9.53 Å². The number of nitrogens with one attached hydrogen (secondary N) is 1. The van der Waals surface area contributed by atoms with Crippen LogP contribution in [0.5, 0.6) is 5.88 Å². The SMILES string of the molecule is CCOc1ccc2nc(-c3ccc(N4CCC(O[C@H]5CC[C@@H](CC(=O)O)CC5)CC4)nc3)[nH]c2n1. The molecule has 1 aliphatic carbocycles. The molecule has 186 valence electrons. The van der Waals surface area contributed by atoms with Gasteiger partial charge in [-0.25, -0.2) is 9.97 Å². The topological polar surface area (TPSA) is 113 Å². The average Bonchev–Trinajstić information content (AvgIpc) is 3.29. The number of nitrogens with zero attached hydrogens (tertiary/aromatic N) is 4. The van der Waals surface area contributed by atoms with Gasteiger partial charge in [0.2, 0.25) is 5.88 Å². The summed E-state index contributed by atoms with van der Waals surface area (Å²) >= 11 is 0. The number of imidazole rings is 1. The summed E-state index contributed by atoms with van der Waals surface area (Å²) < 4.78 is 11.9. The number of H-pyrrole nitrogens is 1. The quantitative estimate of drug-likeness (QED) is 0.488. The number of carbonyl (C=O) groups is 1. The lowest BCUT2D eigenvalue weighted by Crippen LogP contribution is -2.39. The third-order valence-corrected chi connectivity index (χ3v) is 7.04. The molecule has 2 fully saturated rings. The van der Waals surface area contributed by atoms with Crippen molar-refractivity contribution in [1.29, 1.82) is 0 Å². The van der Waals surface area contributed by atoms with Crippen LogP contribution in [0.1, 0.15) is 51.9 Å². The second-order valence-corrected chi connectivity index (χ2v) is 9.50. The van der Waals surface area contributed by atoms with E-state index in [-0.39, 0.29) is 12.2 Å². The molecule has 0 amide bonds. The largest absolute Gasteiger partial charge is 0.481 e. The van der Waals surface area contributed by atoms with Crippen LogP contribution in [0, 0.1) is 5.92 Å². The first-order chi connectivity index (χ1) is 17.1. The summed E-state index contributed by atoms with van der Waals surface area (Å²) in [5, 5.41) is 8.99. The highest BCUT2D eigenvalue weighted by Crippen LogP contribution is 2.31. The van der Waals surface area contributed by atoms with E-state index in [1.54, 1.807) is 0 Å². The van der Waals surface area contributed by atoms with Gasteiger partial charge in [0.25, 0.3) is 0 Å². The number of fused-ring (bicyclic) bond motifs is 1. The molecule has 0 radical (unpaired) electrons. The van der Waals surface area contributed by atoms with Crippen molar-refractivity contribution >= 4 is 23.0 Å². The van der Waals surface area contributed by atoms with Gasteiger partial charge in [-0.15, -0.1) is 0 Å². The minimum atomic E-state index is -0.686. The van der Waals surface area contributed by atoms with Crippen molar-refractivity contribution in [2.75, 3.05) is 24.6 Å². The van der Waals surface area contributed by atoms with Crippen molar-refractivity contribution in [1.82, 2.24) is 19.9 Å². The predicted octanol–water partition coefficient (Wildman–Crippen LogP) is 4.44. The molecule has 1 saturated carbocycles. The summed E-state index contributed by atoms with van der Waals surface area (Å²) in [6.07, 6.45) is 8.53. The predicted molar refractivity (Wildman–Crippen MR) is 133 cm³/mol. The summed E-state index contributed by atoms with van der Waals surface area (Å²) in [5.41, 5.74) is 2.42. The number of ether oxygens (including phenoxy) is 2. The Hall–Kier alpha value is -3.20. The zero-order valence-electron chi connectivity index (χ0n) is 20.2. The number of anilines is 1. The third-order valence-electron chi connectivity index (χ3n) is 7.04. The molecule has 0 atom stereocenters. The first-order valence-corrected chi connectivity index (χ1v) is 12.7. The van der Waals surface area contributed by atoms with Crippen LogP contribution in [-0.4, -0.2) is 62.9 Å². The zero-order valence-corrected chi connectivity index (χ0v) is 20.2. The number of rotatable bonds is 8. The van der Waals surface area contributed by atoms with Crippen molar-refractivity contribution in [3.63, 3.8) is 0 Å². The van der Waals surface area contributed by atoms with Gasteiger partial charge >= 0.3 is 5.97 Å². The van der Waals surface area contributed by atoms with E-state index in [2.05, 4.69) is 19.9 Å². The average molecular weight is 480 g/mol. The molecule has 3 aromatic heterocycles. The molecule has 1 aliphatic heterocycles. The number of piperidine rings is 1. The van der Waals surface area contributed by atoms with Gasteiger partial charge in [0.15, 0.2) is 5.65 Å². The summed E-state index contributed by atoms with van der Waals surface area (Å²) in [5.74, 6) is 1.92. The van der Waals surface area contributed by atoms with Crippen molar-refractivity contribution < 1.29 is 19.4 Å². The van der Waals surface area contributed by atoms with Gasteiger partial charge in [0.05, 0.1) is 18.8 Å². The Morgan fingerprint density at radius 1 is 1.06 bits per heavy atom. The number of hydrogen-bond donors (Lipinski definition) is 2. The normalized spacial score (nSPS) is 21.3. The van der Waals surface area contributed by atoms with Gasteiger partial charge in [0, 0.05) is 37.3 Å². The highest BCUT2D eigenvalue weighted by molar-refractivity contribution is 5.76. The maximum atomic E-state index is 10.9. The summed E-state index contributed by atoms with van der Waals surface area (Å²) in [4.78, 5) is 30.3. The molecule has 5 rings (SSSR count). The summed E-state index contributed by atoms with van der Waals surface area (Å²) in [6, 6.07) is 7.83. The van der Waals surface area contributed by atoms with E-state index >= 15 is 0 Å². The highest BCUT2D eigenvalue weighted by Gasteiger charge is 2.28. The molecule has 4 heterocycles. The Labute approximate surface area is 204 Å². The Morgan fingerprint density at radius 2 is 1.83 bits per heavy atom. The lowest BCUT2D eigenvalue weighted by molar-refractivity contribution is -0.138. The van der Waals surface area contributed by atoms with E-state index in [1.165, 1.54) is 0 Å². The smallest absolute Gasteiger partial charge is 0.303 e. The Kier molecular flexibility index (Phi) is 7.13. The van der Waals surface area contributed by atoms with Crippen molar-refractivity contribution in [2.45, 2.75) is 64.1 Å². The van der Waals surface area contributed by atoms with Gasteiger partial charge in [-0.3, -0.25) is 4.79 Å². The van der Waals surface area contributed by atoms with Crippen LogP contribution in [0.15, 0.2) is 30.5 Å². The van der Waals surface area contributed by atoms with Crippen LogP contribution < -0.4 is 9.64 Å². The molecule has 2 N–H and O–H groups in total. The number of carboxylic acids is 1. The monoisotopic (exact) mass is 479 g/mol. The molecular formula is C26H33N5O4. The molecule has 9 nitrogen and oxygen atoms in total. The molecule has 35 heavy (non-hydrogen) atoms. The molecular weight excluding hydrogens is 446 g/mol. The highest BCUT2D eigenvalue weighted by atomic mass is 16.5. The van der Waals surface area contributed by atoms with Gasteiger partial charge in [0.1, 0.15) is 17.2 Å². The van der Waals surface area contributed by atoms with E-state index in [0.717, 1.165) is 74.3 Å². The number of carboxylic acid groups (broad SMARTS) is 1. The lowest BCUT2D eigenvalue weighted by atomic mass is 9.85. The molecule has 9 heteroatoms. The molecule has 1 saturated heterocycles. The number of pyridine rings is 2. The molecule has 2 aliphatic rings. The summed E-state index contributed by atoms with van der Waals surface area (Å²) in [7, 11) is 0. The van der Waals surface area contributed by atoms with Gasteiger partial charge < -0.3 is 24.5 Å². The third kappa shape index (κ3) is 5.73. The minimum absolute atomic E-state index is 0.274. The van der Waals surface area contributed by atoms with E-state index in [0.29, 0.717) is 30.5 Å². The van der Waals surface area contributed by atoms with Gasteiger partial charge in [-0.1, -0.05) is 0 Å². The standard InChI is InChI=1S/C26H33N5O4/c1-2-34-23-10-8-21-26(29-23)30-25(28-21)18-5-9-22(27-16-18)31-13-11-20(12-14-31)35-19-6-3-17(4-7-19)15-24(32)33/h5,8-10,16-17,19-20H,2-4,6-7,11-15H2,1H3,(H,32,33)(H,28,29,30)/t17-,19+. The Bertz CT molecular complexity index is 1130. The molecule has 0 bridgehead atoms. The van der Waals surface area contributed by atoms with E-state index in [4.69, 9.17) is 19.6 Å². The van der Waals surface area contributed by atoms with E-state index in [1.807, 2.05) is 37.4 Å². The van der Waals surface area contributed by atoms with E-state index < -0.39 is 5.97 Å². The number of aromatic amines is 1. The lowest BCUT2D eigenvalue weighted by Gasteiger charge is -2.36. The van der Waals surface area contributed by atoms with Gasteiger partial charge in [-0.2, -0.15) is 4.98 Å². The van der Waals surface area contributed by atoms with E-state index in [9.17, 15) is 4.79 Å². The number of hydrogen-bond acceptors (Lipinski definition) is 7. The number of aromatic nitrogens is 4. The molecule has 0 spiro atoms. The first kappa shape index (κ1) is 23.5. The van der Waals surface area contributed by atoms with Crippen LogP contribution in [0.3, 0.4) is 0 Å². The molecule has 0 aromatic carbocycles. The zero-order chi connectivity index (χ0) is 24.2. The van der Waals surface area contributed by atoms with Crippen LogP contribution in [0.2, 0.25) is 0 Å². The summed E-state index contributed by atoms with van der Waals surface area (Å²) in [6.45, 7) is 4.34. The van der Waals surface area contributed by atoms with Crippen LogP contribution in [0.4, 0.5) is 5.82 Å². The van der Waals surface area contributed by atoms with Crippen molar-refractivity contribution in [2.24, 2.45) is 5.92 Å². The van der Waals surface area contributed by atoms with Gasteiger partial charge in [-0.05, 0) is 69.6 Å². The van der Waals surface area contributed by atoms with Crippen LogP contribution >= 0.6 is 0 Å². The van der Waals surface area contributed by atoms with Crippen molar-refractivity contribution in [3.05, 3.63) is 30.5 Å². The fourth-order valence-corrected chi connectivity index (χ4v) is 5.17. The maximum absolute atomic E-state index is 10.9. The van der Waals surface area contributed by atoms with Crippen molar-refractivity contribution in [3.8, 4) is 17.3 Å². The van der Waals surface area contributed by atoms with Crippen LogP contribution in [0.25, 0.3) is 22.6 Å². The fourth-order valence-electron chi connectivity index (χ4n) is 5.17. The number of aliphatic carboxylic acids is 1. The molecule has 3 aromatic rings. The molecule has 0 unspecified atom stereocenters. The maximum Gasteiger partial charge on any atom is 0.303 e. The Balaban J connectivity index is 1.13. The second kappa shape index (κ2) is 10.6. The first-order valence-electron chi connectivity index (χ1n) is 12.7. The Morgan fingerprint density at radius 3 is 2.51 bits per heavy atom. The minimum Gasteiger partial charge on any atom is -0.481 e. The second-order valence-electron chi connectivity index (χ2n) is 9.50. The fraction of sp³-hybridized carbons (Fsp3) is 0.538.